The summed E-state index contributed by atoms with van der Waals surface area (Å²) >= 11 is 5.60. The smallest absolute Gasteiger partial charge is 0.243 e. The number of piperidine rings is 1. The van der Waals surface area contributed by atoms with Crippen molar-refractivity contribution in [3.8, 4) is 0 Å². The molecule has 1 aliphatic rings. The van der Waals surface area contributed by atoms with Gasteiger partial charge in [-0.15, -0.1) is 0 Å². The van der Waals surface area contributed by atoms with Crippen LogP contribution in [0, 0.1) is 5.82 Å². The van der Waals surface area contributed by atoms with Gasteiger partial charge < -0.3 is 4.79 Å². The van der Waals surface area contributed by atoms with Crippen LogP contribution in [0.3, 0.4) is 0 Å². The summed E-state index contributed by atoms with van der Waals surface area (Å²) < 4.78 is 39.0. The number of hydrogen-bond acceptors (Lipinski definition) is 3. The number of halogens is 2. The lowest BCUT2D eigenvalue weighted by molar-refractivity contribution is -0.111. The zero-order valence-electron chi connectivity index (χ0n) is 10.1. The van der Waals surface area contributed by atoms with Crippen molar-refractivity contribution in [2.45, 2.75) is 30.2 Å². The first kappa shape index (κ1) is 14.4. The van der Waals surface area contributed by atoms with E-state index in [0.29, 0.717) is 25.7 Å². The Morgan fingerprint density at radius 1 is 1.37 bits per heavy atom. The van der Waals surface area contributed by atoms with Gasteiger partial charge in [0.1, 0.15) is 12.1 Å². The lowest BCUT2D eigenvalue weighted by Gasteiger charge is -2.31. The molecule has 1 saturated heterocycles. The number of nitrogens with zero attached hydrogens (tertiary/aromatic N) is 1. The molecule has 0 radical (unpaired) electrons. The summed E-state index contributed by atoms with van der Waals surface area (Å²) in [6.07, 6.45) is 2.68. The molecular formula is C12H13ClFNO3S. The minimum atomic E-state index is -3.81. The number of rotatable bonds is 3. The number of carbonyl (C=O) groups excluding carboxylic acids is 1. The van der Waals surface area contributed by atoms with E-state index >= 15 is 0 Å². The highest BCUT2D eigenvalue weighted by Crippen LogP contribution is 2.26. The average Bonchev–Trinajstić information content (AvgIpc) is 2.41. The molecule has 1 aromatic carbocycles. The second kappa shape index (κ2) is 5.56. The fourth-order valence-electron chi connectivity index (χ4n) is 2.14. The van der Waals surface area contributed by atoms with Crippen LogP contribution >= 0.6 is 11.6 Å². The summed E-state index contributed by atoms with van der Waals surface area (Å²) in [6.45, 7) is 0.292. The van der Waals surface area contributed by atoms with Gasteiger partial charge in [-0.25, -0.2) is 12.8 Å². The minimum Gasteiger partial charge on any atom is -0.302 e. The zero-order valence-corrected chi connectivity index (χ0v) is 11.6. The second-order valence-electron chi connectivity index (χ2n) is 4.39. The Balaban J connectivity index is 2.40. The van der Waals surface area contributed by atoms with Gasteiger partial charge in [-0.2, -0.15) is 4.31 Å². The van der Waals surface area contributed by atoms with Crippen molar-refractivity contribution in [2.75, 3.05) is 6.54 Å². The summed E-state index contributed by atoms with van der Waals surface area (Å²) in [7, 11) is -3.81. The molecule has 1 aliphatic heterocycles. The molecular weight excluding hydrogens is 293 g/mol. The van der Waals surface area contributed by atoms with Crippen molar-refractivity contribution in [1.82, 2.24) is 4.31 Å². The molecule has 1 heterocycles. The molecule has 0 aromatic heterocycles. The number of hydrogen-bond donors (Lipinski definition) is 0. The molecule has 104 valence electrons. The quantitative estimate of drug-likeness (QED) is 0.805. The molecule has 0 saturated carbocycles. The van der Waals surface area contributed by atoms with Gasteiger partial charge >= 0.3 is 0 Å². The summed E-state index contributed by atoms with van der Waals surface area (Å²) in [5, 5.41) is -0.249. The van der Waals surface area contributed by atoms with Gasteiger partial charge in [0.25, 0.3) is 0 Å². The topological polar surface area (TPSA) is 54.5 Å². The van der Waals surface area contributed by atoms with E-state index in [1.807, 2.05) is 0 Å². The highest BCUT2D eigenvalue weighted by molar-refractivity contribution is 7.89. The fourth-order valence-corrected chi connectivity index (χ4v) is 4.04. The summed E-state index contributed by atoms with van der Waals surface area (Å²) in [5.74, 6) is -0.675. The standard InChI is InChI=1S/C12H13ClFNO3S/c13-11-7-10(4-5-12(11)14)19(17,18)15-6-2-1-3-9(15)8-16/h4-5,7-9H,1-3,6H2. The predicted octanol–water partition coefficient (Wildman–Crippen LogP) is 2.22. The Labute approximate surface area is 116 Å². The molecule has 1 unspecified atom stereocenters. The van der Waals surface area contributed by atoms with E-state index < -0.39 is 21.9 Å². The van der Waals surface area contributed by atoms with E-state index in [4.69, 9.17) is 11.6 Å². The van der Waals surface area contributed by atoms with E-state index in [2.05, 4.69) is 0 Å². The van der Waals surface area contributed by atoms with Gasteiger partial charge in [-0.3, -0.25) is 0 Å². The third-order valence-electron chi connectivity index (χ3n) is 3.15. The second-order valence-corrected chi connectivity index (χ2v) is 6.69. The maximum Gasteiger partial charge on any atom is 0.243 e. The minimum absolute atomic E-state index is 0.0901. The molecule has 0 spiro atoms. The lowest BCUT2D eigenvalue weighted by Crippen LogP contribution is -2.44. The first-order chi connectivity index (χ1) is 8.96. The Morgan fingerprint density at radius 3 is 2.74 bits per heavy atom. The van der Waals surface area contributed by atoms with Gasteiger partial charge in [-0.05, 0) is 31.0 Å². The lowest BCUT2D eigenvalue weighted by atomic mass is 10.1. The van der Waals surface area contributed by atoms with Gasteiger partial charge in [0.2, 0.25) is 10.0 Å². The maximum absolute atomic E-state index is 13.1. The largest absolute Gasteiger partial charge is 0.302 e. The Morgan fingerprint density at radius 2 is 2.11 bits per heavy atom. The SMILES string of the molecule is O=CC1CCCCN1S(=O)(=O)c1ccc(F)c(Cl)c1. The van der Waals surface area contributed by atoms with Gasteiger partial charge in [0.05, 0.1) is 16.0 Å². The van der Waals surface area contributed by atoms with E-state index in [9.17, 15) is 17.6 Å². The highest BCUT2D eigenvalue weighted by atomic mass is 35.5. The van der Waals surface area contributed by atoms with E-state index in [0.717, 1.165) is 28.9 Å². The highest BCUT2D eigenvalue weighted by Gasteiger charge is 2.33. The van der Waals surface area contributed by atoms with Crippen molar-refractivity contribution in [2.24, 2.45) is 0 Å². The third kappa shape index (κ3) is 2.80. The number of benzene rings is 1. The van der Waals surface area contributed by atoms with Crippen LogP contribution in [0.25, 0.3) is 0 Å². The van der Waals surface area contributed by atoms with E-state index in [1.165, 1.54) is 0 Å². The molecule has 4 nitrogen and oxygen atoms in total. The van der Waals surface area contributed by atoms with Crippen LogP contribution in [0.1, 0.15) is 19.3 Å². The third-order valence-corrected chi connectivity index (χ3v) is 5.36. The van der Waals surface area contributed by atoms with Crippen LogP contribution < -0.4 is 0 Å². The molecule has 1 aromatic rings. The maximum atomic E-state index is 13.1. The average molecular weight is 306 g/mol. The Bertz CT molecular complexity index is 591. The van der Waals surface area contributed by atoms with Crippen LogP contribution in [0.5, 0.6) is 0 Å². The monoisotopic (exact) mass is 305 g/mol. The predicted molar refractivity (Wildman–Crippen MR) is 69.0 cm³/mol. The summed E-state index contributed by atoms with van der Waals surface area (Å²) in [5.41, 5.74) is 0. The van der Waals surface area contributed by atoms with Crippen LogP contribution in [0.4, 0.5) is 4.39 Å². The van der Waals surface area contributed by atoms with Crippen molar-refractivity contribution in [1.29, 1.82) is 0 Å². The molecule has 0 amide bonds. The van der Waals surface area contributed by atoms with Crippen molar-refractivity contribution >= 4 is 27.9 Å². The van der Waals surface area contributed by atoms with E-state index in [1.54, 1.807) is 0 Å². The Hall–Kier alpha value is -0.980. The van der Waals surface area contributed by atoms with E-state index in [-0.39, 0.29) is 9.92 Å². The Kier molecular flexibility index (Phi) is 4.23. The van der Waals surface area contributed by atoms with Crippen LogP contribution in [-0.2, 0) is 14.8 Å². The van der Waals surface area contributed by atoms with Crippen LogP contribution in [-0.4, -0.2) is 31.6 Å². The van der Waals surface area contributed by atoms with Gasteiger partial charge in [-0.1, -0.05) is 18.0 Å². The van der Waals surface area contributed by atoms with Crippen LogP contribution in [0.2, 0.25) is 5.02 Å². The molecule has 2 rings (SSSR count). The number of carbonyl (C=O) groups is 1. The first-order valence-electron chi connectivity index (χ1n) is 5.89. The van der Waals surface area contributed by atoms with Gasteiger partial charge in [0, 0.05) is 6.54 Å². The van der Waals surface area contributed by atoms with Crippen LogP contribution in [0.15, 0.2) is 23.1 Å². The molecule has 0 bridgehead atoms. The van der Waals surface area contributed by atoms with Gasteiger partial charge in [0.15, 0.2) is 0 Å². The fraction of sp³-hybridized carbons (Fsp3) is 0.417. The normalized spacial score (nSPS) is 21.3. The summed E-state index contributed by atoms with van der Waals surface area (Å²) in [4.78, 5) is 10.9. The zero-order chi connectivity index (χ0) is 14.0. The molecule has 19 heavy (non-hydrogen) atoms. The first-order valence-corrected chi connectivity index (χ1v) is 7.71. The molecule has 1 fully saturated rings. The molecule has 0 N–H and O–H groups in total. The molecule has 1 atom stereocenters. The number of sulfonamides is 1. The molecule has 0 aliphatic carbocycles. The number of aldehydes is 1. The molecule has 7 heteroatoms. The van der Waals surface area contributed by atoms with Crippen molar-refractivity contribution in [3.63, 3.8) is 0 Å². The van der Waals surface area contributed by atoms with Crippen molar-refractivity contribution < 1.29 is 17.6 Å². The summed E-state index contributed by atoms with van der Waals surface area (Å²) in [6, 6.07) is 2.59. The van der Waals surface area contributed by atoms with Crippen molar-refractivity contribution in [3.05, 3.63) is 29.0 Å².